The lowest BCUT2D eigenvalue weighted by Gasteiger charge is -2.24. The van der Waals surface area contributed by atoms with Crippen molar-refractivity contribution >= 4 is 45.4 Å². The lowest BCUT2D eigenvalue weighted by atomic mass is 10.1. The van der Waals surface area contributed by atoms with Gasteiger partial charge in [0.25, 0.3) is 15.9 Å². The van der Waals surface area contributed by atoms with Gasteiger partial charge in [-0.1, -0.05) is 12.1 Å². The highest BCUT2D eigenvalue weighted by molar-refractivity contribution is 7.92. The van der Waals surface area contributed by atoms with E-state index in [9.17, 15) is 22.8 Å². The smallest absolute Gasteiger partial charge is 0.337 e. The third-order valence-electron chi connectivity index (χ3n) is 5.14. The van der Waals surface area contributed by atoms with E-state index >= 15 is 0 Å². The minimum Gasteiger partial charge on any atom is -0.497 e. The number of anilines is 2. The molecule has 0 aromatic heterocycles. The van der Waals surface area contributed by atoms with Gasteiger partial charge in [-0.25, -0.2) is 18.6 Å². The number of hydrazone groups is 1. The number of nitrogens with zero attached hydrogens (tertiary/aromatic N) is 2. The van der Waals surface area contributed by atoms with Crippen molar-refractivity contribution in [3.05, 3.63) is 83.9 Å². The molecule has 2 amide bonds. The number of carbonyl (C=O) groups excluding carboxylic acids is 3. The lowest BCUT2D eigenvalue weighted by molar-refractivity contribution is -0.119. The van der Waals surface area contributed by atoms with Crippen LogP contribution in [0.25, 0.3) is 0 Å². The highest BCUT2D eigenvalue weighted by atomic mass is 32.2. The van der Waals surface area contributed by atoms with Crippen LogP contribution in [-0.4, -0.2) is 53.2 Å². The Hall–Kier alpha value is -4.71. The molecule has 0 saturated heterocycles. The minimum atomic E-state index is -4.18. The van der Waals surface area contributed by atoms with Gasteiger partial charge in [0.2, 0.25) is 5.91 Å². The van der Waals surface area contributed by atoms with Gasteiger partial charge in [-0.15, -0.1) is 0 Å². The van der Waals surface area contributed by atoms with E-state index in [4.69, 9.17) is 4.74 Å². The second kappa shape index (κ2) is 12.5. The molecule has 3 aromatic rings. The number of amides is 2. The number of nitrogens with one attached hydrogen (secondary N) is 2. The normalized spacial score (nSPS) is 11.0. The molecule has 0 spiro atoms. The van der Waals surface area contributed by atoms with Crippen LogP contribution in [0, 0.1) is 0 Å². The molecule has 3 rings (SSSR count). The van der Waals surface area contributed by atoms with E-state index in [1.54, 1.807) is 36.4 Å². The maximum absolute atomic E-state index is 13.5. The zero-order chi connectivity index (χ0) is 27.7. The Balaban J connectivity index is 1.80. The van der Waals surface area contributed by atoms with Crippen LogP contribution in [0.15, 0.2) is 82.8 Å². The first-order valence-corrected chi connectivity index (χ1v) is 12.6. The van der Waals surface area contributed by atoms with Crippen LogP contribution in [-0.2, 0) is 24.3 Å². The summed E-state index contributed by atoms with van der Waals surface area (Å²) >= 11 is 0. The molecule has 0 atom stereocenters. The lowest BCUT2D eigenvalue weighted by Crippen LogP contribution is -2.39. The molecule has 0 aliphatic heterocycles. The van der Waals surface area contributed by atoms with Crippen molar-refractivity contribution < 1.29 is 32.3 Å². The van der Waals surface area contributed by atoms with Gasteiger partial charge in [-0.3, -0.25) is 13.9 Å². The van der Waals surface area contributed by atoms with Gasteiger partial charge in [0.1, 0.15) is 12.3 Å². The van der Waals surface area contributed by atoms with Crippen LogP contribution in [0.3, 0.4) is 0 Å². The zero-order valence-corrected chi connectivity index (χ0v) is 21.7. The number of methoxy groups -OCH3 is 2. The molecule has 0 aliphatic rings. The van der Waals surface area contributed by atoms with E-state index < -0.39 is 28.4 Å². The predicted molar refractivity (Wildman–Crippen MR) is 142 cm³/mol. The van der Waals surface area contributed by atoms with Gasteiger partial charge in [-0.2, -0.15) is 5.10 Å². The quantitative estimate of drug-likeness (QED) is 0.229. The van der Waals surface area contributed by atoms with Crippen molar-refractivity contribution in [3.63, 3.8) is 0 Å². The molecule has 0 aliphatic carbocycles. The molecule has 3 aromatic carbocycles. The number of rotatable bonds is 10. The van der Waals surface area contributed by atoms with Crippen molar-refractivity contribution in [2.24, 2.45) is 5.10 Å². The molecule has 0 heterocycles. The largest absolute Gasteiger partial charge is 0.497 e. The van der Waals surface area contributed by atoms with Crippen molar-refractivity contribution in [2.75, 3.05) is 30.4 Å². The molecule has 2 N–H and O–H groups in total. The van der Waals surface area contributed by atoms with Crippen molar-refractivity contribution in [1.29, 1.82) is 0 Å². The summed E-state index contributed by atoms with van der Waals surface area (Å²) in [5, 5.41) is 6.46. The Bertz CT molecular complexity index is 1420. The number of hydrogen-bond acceptors (Lipinski definition) is 8. The highest BCUT2D eigenvalue weighted by Gasteiger charge is 2.27. The first-order valence-electron chi connectivity index (χ1n) is 11.2. The molecule has 0 bridgehead atoms. The number of sulfonamides is 1. The maximum Gasteiger partial charge on any atom is 0.337 e. The summed E-state index contributed by atoms with van der Waals surface area (Å²) in [6.45, 7) is 0.773. The van der Waals surface area contributed by atoms with E-state index in [-0.39, 0.29) is 16.5 Å². The number of carbonyl (C=O) groups is 3. The molecular weight excluding hydrogens is 512 g/mol. The van der Waals surface area contributed by atoms with Crippen LogP contribution < -0.4 is 19.8 Å². The van der Waals surface area contributed by atoms with Gasteiger partial charge in [0.05, 0.1) is 36.6 Å². The molecule has 0 radical (unpaired) electrons. The van der Waals surface area contributed by atoms with Gasteiger partial charge < -0.3 is 14.8 Å². The predicted octanol–water partition coefficient (Wildman–Crippen LogP) is 2.79. The summed E-state index contributed by atoms with van der Waals surface area (Å²) in [5.74, 6) is -0.955. The highest BCUT2D eigenvalue weighted by Crippen LogP contribution is 2.26. The molecule has 0 fully saturated rings. The number of ether oxygens (including phenoxy) is 2. The topological polar surface area (TPSA) is 143 Å². The SMILES string of the molecule is COC(=O)c1ccc(/C=N\NC(=O)CN(c2ccc(OC)cc2)S(=O)(=O)c2ccc(NC(C)=O)cc2)cc1. The average Bonchev–Trinajstić information content (AvgIpc) is 2.91. The van der Waals surface area contributed by atoms with Crippen LogP contribution in [0.4, 0.5) is 11.4 Å². The Morgan fingerprint density at radius 1 is 0.921 bits per heavy atom. The third kappa shape index (κ3) is 7.17. The Morgan fingerprint density at radius 3 is 2.11 bits per heavy atom. The first-order chi connectivity index (χ1) is 18.1. The molecule has 12 heteroatoms. The van der Waals surface area contributed by atoms with E-state index in [0.717, 1.165) is 4.31 Å². The minimum absolute atomic E-state index is 0.0792. The van der Waals surface area contributed by atoms with Gasteiger partial charge >= 0.3 is 5.97 Å². The van der Waals surface area contributed by atoms with E-state index in [1.165, 1.54) is 63.8 Å². The first kappa shape index (κ1) is 27.9. The fourth-order valence-electron chi connectivity index (χ4n) is 3.27. The summed E-state index contributed by atoms with van der Waals surface area (Å²) in [7, 11) is -1.42. The second-order valence-corrected chi connectivity index (χ2v) is 9.68. The molecule has 0 saturated carbocycles. The number of benzene rings is 3. The number of esters is 1. The summed E-state index contributed by atoms with van der Waals surface area (Å²) in [6, 6.07) is 18.1. The van der Waals surface area contributed by atoms with Crippen LogP contribution in [0.2, 0.25) is 0 Å². The van der Waals surface area contributed by atoms with E-state index in [0.29, 0.717) is 22.6 Å². The monoisotopic (exact) mass is 538 g/mol. The van der Waals surface area contributed by atoms with E-state index in [1.807, 2.05) is 0 Å². The Morgan fingerprint density at radius 2 is 1.55 bits per heavy atom. The Kier molecular flexibility index (Phi) is 9.17. The Labute approximate surface area is 220 Å². The average molecular weight is 539 g/mol. The second-order valence-electron chi connectivity index (χ2n) is 7.82. The molecule has 198 valence electrons. The zero-order valence-electron chi connectivity index (χ0n) is 20.9. The summed E-state index contributed by atoms with van der Waals surface area (Å²) < 4.78 is 37.8. The van der Waals surface area contributed by atoms with Crippen LogP contribution >= 0.6 is 0 Å². The molecule has 0 unspecified atom stereocenters. The van der Waals surface area contributed by atoms with Gasteiger partial charge in [0, 0.05) is 12.6 Å². The van der Waals surface area contributed by atoms with Gasteiger partial charge in [-0.05, 0) is 66.2 Å². The van der Waals surface area contributed by atoms with Crippen molar-refractivity contribution in [3.8, 4) is 5.75 Å². The molecule has 11 nitrogen and oxygen atoms in total. The fourth-order valence-corrected chi connectivity index (χ4v) is 4.69. The maximum atomic E-state index is 13.5. The molecule has 38 heavy (non-hydrogen) atoms. The summed E-state index contributed by atoms with van der Waals surface area (Å²) in [6.07, 6.45) is 1.35. The van der Waals surface area contributed by atoms with Crippen LogP contribution in [0.1, 0.15) is 22.8 Å². The third-order valence-corrected chi connectivity index (χ3v) is 6.93. The summed E-state index contributed by atoms with van der Waals surface area (Å²) in [4.78, 5) is 35.4. The van der Waals surface area contributed by atoms with Crippen molar-refractivity contribution in [2.45, 2.75) is 11.8 Å². The number of hydrogen-bond donors (Lipinski definition) is 2. The summed E-state index contributed by atoms with van der Waals surface area (Å²) in [5.41, 5.74) is 3.93. The standard InChI is InChI=1S/C26H26N4O7S/c1-18(31)28-21-8-14-24(15-9-21)38(34,35)30(22-10-12-23(36-2)13-11-22)17-25(32)29-27-16-19-4-6-20(7-5-19)26(33)37-3/h4-16H,17H2,1-3H3,(H,28,31)(H,29,32)/b27-16-. The van der Waals surface area contributed by atoms with Crippen molar-refractivity contribution in [1.82, 2.24) is 5.43 Å². The van der Waals surface area contributed by atoms with E-state index in [2.05, 4.69) is 20.6 Å². The fraction of sp³-hybridized carbons (Fsp3) is 0.154. The molecular formula is C26H26N4O7S. The van der Waals surface area contributed by atoms with Gasteiger partial charge in [0.15, 0.2) is 0 Å². The van der Waals surface area contributed by atoms with Crippen LogP contribution in [0.5, 0.6) is 5.75 Å².